The van der Waals surface area contributed by atoms with Crippen molar-refractivity contribution in [3.05, 3.63) is 87.6 Å². The first-order chi connectivity index (χ1) is 22.3. The number of carbonyl (C=O) groups is 1. The summed E-state index contributed by atoms with van der Waals surface area (Å²) in [7, 11) is -2.18. The monoisotopic (exact) mass is 664 g/mol. The number of fused-ring (bicyclic) bond motifs is 1. The number of halogens is 2. The molecular weight excluding hydrogens is 626 g/mol. The number of Topliss-reactive ketones (excluding diaryl/α,β-unsaturated/α-hetero) is 1. The number of nitrogens with one attached hydrogen (secondary N) is 1. The second-order valence-corrected chi connectivity index (χ2v) is 14.9. The van der Waals surface area contributed by atoms with E-state index in [0.717, 1.165) is 32.0 Å². The number of aromatic nitrogens is 4. The highest BCUT2D eigenvalue weighted by Crippen LogP contribution is 2.49. The summed E-state index contributed by atoms with van der Waals surface area (Å²) in [4.78, 5) is 38.4. The van der Waals surface area contributed by atoms with Crippen LogP contribution in [0.25, 0.3) is 22.0 Å². The van der Waals surface area contributed by atoms with E-state index in [0.29, 0.717) is 44.9 Å². The maximum atomic E-state index is 14.6. The molecule has 0 bridgehead atoms. The molecule has 0 radical (unpaired) electrons. The zero-order valence-corrected chi connectivity index (χ0v) is 27.5. The third-order valence-corrected chi connectivity index (χ3v) is 11.8. The van der Waals surface area contributed by atoms with E-state index in [1.165, 1.54) is 18.2 Å². The Kier molecular flexibility index (Phi) is 8.64. The zero-order chi connectivity index (χ0) is 33.7. The fourth-order valence-electron chi connectivity index (χ4n) is 6.47. The van der Waals surface area contributed by atoms with Gasteiger partial charge in [0.05, 0.1) is 10.3 Å². The Morgan fingerprint density at radius 2 is 1.83 bits per heavy atom. The topological polar surface area (TPSA) is 121 Å². The van der Waals surface area contributed by atoms with Crippen LogP contribution in [0.15, 0.2) is 54.0 Å². The smallest absolute Gasteiger partial charge is 0.282 e. The van der Waals surface area contributed by atoms with E-state index in [9.17, 15) is 26.8 Å². The van der Waals surface area contributed by atoms with E-state index in [1.54, 1.807) is 26.1 Å². The molecule has 1 N–H and O–H groups in total. The molecule has 13 heteroatoms. The summed E-state index contributed by atoms with van der Waals surface area (Å²) in [6, 6.07) is 8.49. The molecule has 0 unspecified atom stereocenters. The number of aryl methyl sites for hydroxylation is 2. The molecule has 6 rings (SSSR count). The van der Waals surface area contributed by atoms with Crippen LogP contribution in [-0.2, 0) is 16.4 Å². The van der Waals surface area contributed by atoms with Gasteiger partial charge in [-0.25, -0.2) is 22.2 Å². The first-order valence-electron chi connectivity index (χ1n) is 15.7. The standard InChI is InChI=1S/C34H38F2N6O4S/c1-5-10-34(11-12-34)47(45,46)42-27-19-24(23-6-9-29(37-20-23)41-15-13-40(4)14-16-41)18-26(30(27)31(39-42)32(35)36)28(43)8-7-25-21(2)17-22(3)38-33(25)44/h5-6,9,17-20,32H,1,7-8,10-16H2,2-4H3,(H,38,44). The van der Waals surface area contributed by atoms with Gasteiger partial charge in [-0.1, -0.05) is 6.08 Å². The average molecular weight is 665 g/mol. The van der Waals surface area contributed by atoms with E-state index in [-0.39, 0.29) is 41.3 Å². The number of H-pyrrole nitrogens is 1. The molecule has 0 spiro atoms. The first-order valence-corrected chi connectivity index (χ1v) is 17.1. The predicted molar refractivity (Wildman–Crippen MR) is 178 cm³/mol. The summed E-state index contributed by atoms with van der Waals surface area (Å²) in [5, 5.41) is 3.77. The molecular formula is C34H38F2N6O4S. The number of alkyl halides is 2. The van der Waals surface area contributed by atoms with Crippen LogP contribution in [0.4, 0.5) is 14.6 Å². The van der Waals surface area contributed by atoms with Crippen LogP contribution in [0, 0.1) is 13.8 Å². The third-order valence-electron chi connectivity index (χ3n) is 9.39. The van der Waals surface area contributed by atoms with Crippen LogP contribution in [0.5, 0.6) is 0 Å². The summed E-state index contributed by atoms with van der Waals surface area (Å²) in [5.74, 6) is 0.273. The van der Waals surface area contributed by atoms with E-state index in [4.69, 9.17) is 0 Å². The lowest BCUT2D eigenvalue weighted by molar-refractivity contribution is 0.0984. The van der Waals surface area contributed by atoms with Crippen molar-refractivity contribution in [3.63, 3.8) is 0 Å². The van der Waals surface area contributed by atoms with Crippen LogP contribution in [0.2, 0.25) is 0 Å². The zero-order valence-electron chi connectivity index (χ0n) is 26.7. The Morgan fingerprint density at radius 1 is 1.11 bits per heavy atom. The SMILES string of the molecule is C=CCC1(S(=O)(=O)n2nc(C(F)F)c3c(C(=O)CCc4c(C)cc(C)[nH]c4=O)cc(-c4ccc(N5CCN(C)CC5)nc4)cc32)CC1. The number of pyridine rings is 2. The number of hydrogen-bond acceptors (Lipinski definition) is 8. The predicted octanol–water partition coefficient (Wildman–Crippen LogP) is 5.19. The lowest BCUT2D eigenvalue weighted by Crippen LogP contribution is -2.44. The molecule has 1 aliphatic carbocycles. The van der Waals surface area contributed by atoms with Crippen LogP contribution < -0.4 is 10.5 Å². The maximum Gasteiger partial charge on any atom is 0.282 e. The highest BCUT2D eigenvalue weighted by atomic mass is 32.2. The minimum absolute atomic E-state index is 0.0756. The molecule has 4 aromatic rings. The highest BCUT2D eigenvalue weighted by Gasteiger charge is 2.55. The van der Waals surface area contributed by atoms with Gasteiger partial charge in [-0.15, -0.1) is 6.58 Å². The van der Waals surface area contributed by atoms with Crippen molar-refractivity contribution in [1.29, 1.82) is 0 Å². The number of aromatic amines is 1. The number of benzene rings is 1. The van der Waals surface area contributed by atoms with Crippen molar-refractivity contribution in [2.75, 3.05) is 38.1 Å². The first kappa shape index (κ1) is 32.7. The van der Waals surface area contributed by atoms with Gasteiger partial charge in [0.15, 0.2) is 5.78 Å². The number of likely N-dealkylation sites (N-methyl/N-ethyl adjacent to an activating group) is 1. The van der Waals surface area contributed by atoms with Gasteiger partial charge < -0.3 is 14.8 Å². The lowest BCUT2D eigenvalue weighted by Gasteiger charge is -2.33. The van der Waals surface area contributed by atoms with E-state index < -0.39 is 32.7 Å². The number of nitrogens with zero attached hydrogens (tertiary/aromatic N) is 5. The fraction of sp³-hybridized carbons (Fsp3) is 0.412. The van der Waals surface area contributed by atoms with Gasteiger partial charge in [0.2, 0.25) is 0 Å². The normalized spacial score (nSPS) is 16.6. The fourth-order valence-corrected chi connectivity index (χ4v) is 8.38. The summed E-state index contributed by atoms with van der Waals surface area (Å²) in [5.41, 5.74) is 1.58. The molecule has 0 amide bonds. The minimum atomic E-state index is -4.25. The summed E-state index contributed by atoms with van der Waals surface area (Å²) in [6.07, 6.45) is 0.760. The number of ketones is 1. The molecule has 1 aromatic carbocycles. The Morgan fingerprint density at radius 3 is 2.43 bits per heavy atom. The van der Waals surface area contributed by atoms with Crippen molar-refractivity contribution < 1.29 is 22.0 Å². The number of allylic oxidation sites excluding steroid dienone is 1. The van der Waals surface area contributed by atoms with Gasteiger partial charge in [0, 0.05) is 66.6 Å². The Hall–Kier alpha value is -4.23. The van der Waals surface area contributed by atoms with Crippen LogP contribution in [0.1, 0.15) is 65.0 Å². The number of anilines is 1. The molecule has 47 heavy (non-hydrogen) atoms. The average Bonchev–Trinajstić information content (AvgIpc) is 3.72. The van der Waals surface area contributed by atoms with Crippen molar-refractivity contribution in [2.24, 2.45) is 0 Å². The molecule has 2 aliphatic rings. The Labute approximate surface area is 272 Å². The van der Waals surface area contributed by atoms with Gasteiger partial charge >= 0.3 is 0 Å². The van der Waals surface area contributed by atoms with Crippen molar-refractivity contribution in [1.82, 2.24) is 24.1 Å². The van der Waals surface area contributed by atoms with Crippen LogP contribution in [0.3, 0.4) is 0 Å². The second-order valence-electron chi connectivity index (χ2n) is 12.7. The summed E-state index contributed by atoms with van der Waals surface area (Å²) < 4.78 is 56.7. The quantitative estimate of drug-likeness (QED) is 0.172. The summed E-state index contributed by atoms with van der Waals surface area (Å²) >= 11 is 0. The van der Waals surface area contributed by atoms with Crippen molar-refractivity contribution in [2.45, 2.75) is 57.1 Å². The van der Waals surface area contributed by atoms with Gasteiger partial charge in [-0.05, 0) is 88.0 Å². The van der Waals surface area contributed by atoms with Gasteiger partial charge in [-0.3, -0.25) is 9.59 Å². The van der Waals surface area contributed by atoms with E-state index >= 15 is 0 Å². The second kappa shape index (κ2) is 12.4. The number of hydrogen-bond donors (Lipinski definition) is 1. The molecule has 1 saturated heterocycles. The molecule has 10 nitrogen and oxygen atoms in total. The molecule has 3 aromatic heterocycles. The number of rotatable bonds is 11. The van der Waals surface area contributed by atoms with Gasteiger partial charge in [0.1, 0.15) is 11.5 Å². The number of carbonyl (C=O) groups excluding carboxylic acids is 1. The molecule has 2 fully saturated rings. The number of piperazine rings is 1. The summed E-state index contributed by atoms with van der Waals surface area (Å²) in [6.45, 7) is 10.7. The van der Waals surface area contributed by atoms with E-state index in [1.807, 2.05) is 12.1 Å². The van der Waals surface area contributed by atoms with Gasteiger partial charge in [-0.2, -0.15) is 9.19 Å². The Bertz CT molecular complexity index is 2030. The molecule has 4 heterocycles. The maximum absolute atomic E-state index is 14.6. The largest absolute Gasteiger partial charge is 0.354 e. The molecule has 1 saturated carbocycles. The van der Waals surface area contributed by atoms with Crippen LogP contribution in [-0.4, -0.2) is 76.2 Å². The minimum Gasteiger partial charge on any atom is -0.354 e. The van der Waals surface area contributed by atoms with Gasteiger partial charge in [0.25, 0.3) is 22.0 Å². The van der Waals surface area contributed by atoms with Crippen LogP contribution >= 0.6 is 0 Å². The molecule has 0 atom stereocenters. The van der Waals surface area contributed by atoms with E-state index in [2.05, 4.69) is 38.5 Å². The third kappa shape index (κ3) is 6.02. The lowest BCUT2D eigenvalue weighted by atomic mass is 9.94. The Balaban J connectivity index is 1.48. The highest BCUT2D eigenvalue weighted by molar-refractivity contribution is 7.91. The molecule has 1 aliphatic heterocycles. The van der Waals surface area contributed by atoms with Crippen molar-refractivity contribution in [3.8, 4) is 11.1 Å². The molecule has 248 valence electrons. The van der Waals surface area contributed by atoms with Crippen molar-refractivity contribution >= 4 is 32.5 Å².